The first kappa shape index (κ1) is 13.9. The van der Waals surface area contributed by atoms with Gasteiger partial charge in [0.25, 0.3) is 0 Å². The Morgan fingerprint density at radius 1 is 1.00 bits per heavy atom. The molecule has 6 N–H and O–H groups in total. The summed E-state index contributed by atoms with van der Waals surface area (Å²) in [4.78, 5) is 20.6. The Hall–Kier alpha value is -0.101. The Morgan fingerprint density at radius 2 is 1.29 bits per heavy atom. The SMILES string of the molecule is NC(C[Se][Se]CC(N)C(=O)O)C(=O)O. The fourth-order valence-electron chi connectivity index (χ4n) is 0.385. The molecule has 0 radical (unpaired) electrons. The van der Waals surface area contributed by atoms with Gasteiger partial charge in [0.2, 0.25) is 0 Å². The van der Waals surface area contributed by atoms with E-state index in [4.69, 9.17) is 21.7 Å². The summed E-state index contributed by atoms with van der Waals surface area (Å²) in [7, 11) is 0. The molecule has 0 fully saturated rings. The van der Waals surface area contributed by atoms with Crippen molar-refractivity contribution in [1.29, 1.82) is 0 Å². The maximum atomic E-state index is 10.3. The average Bonchev–Trinajstić information content (AvgIpc) is 2.11. The Kier molecular flexibility index (Phi) is 7.17. The minimum atomic E-state index is -1.01. The van der Waals surface area contributed by atoms with Crippen LogP contribution in [0, 0.1) is 0 Å². The van der Waals surface area contributed by atoms with Crippen LogP contribution in [-0.4, -0.2) is 60.5 Å². The van der Waals surface area contributed by atoms with Gasteiger partial charge in [0.1, 0.15) is 0 Å². The molecule has 14 heavy (non-hydrogen) atoms. The van der Waals surface area contributed by atoms with E-state index >= 15 is 0 Å². The third-order valence-electron chi connectivity index (χ3n) is 1.21. The second-order valence-electron chi connectivity index (χ2n) is 2.46. The van der Waals surface area contributed by atoms with Crippen LogP contribution >= 0.6 is 0 Å². The van der Waals surface area contributed by atoms with Crippen molar-refractivity contribution in [2.24, 2.45) is 11.5 Å². The molecule has 2 unspecified atom stereocenters. The number of hydrogen-bond acceptors (Lipinski definition) is 4. The van der Waals surface area contributed by atoms with Crippen LogP contribution in [0.25, 0.3) is 0 Å². The monoisotopic (exact) mass is 336 g/mol. The van der Waals surface area contributed by atoms with Crippen molar-refractivity contribution >= 4 is 38.2 Å². The van der Waals surface area contributed by atoms with Crippen LogP contribution in [0.15, 0.2) is 0 Å². The van der Waals surface area contributed by atoms with Gasteiger partial charge in [-0.25, -0.2) is 0 Å². The van der Waals surface area contributed by atoms with Crippen molar-refractivity contribution in [3.63, 3.8) is 0 Å². The van der Waals surface area contributed by atoms with E-state index in [9.17, 15) is 9.59 Å². The van der Waals surface area contributed by atoms with Gasteiger partial charge in [-0.15, -0.1) is 0 Å². The van der Waals surface area contributed by atoms with Crippen LogP contribution in [0.1, 0.15) is 0 Å². The third-order valence-corrected chi connectivity index (χ3v) is 8.42. The van der Waals surface area contributed by atoms with Crippen LogP contribution in [0.3, 0.4) is 0 Å². The summed E-state index contributed by atoms with van der Waals surface area (Å²) in [6.07, 6.45) is 0. The Morgan fingerprint density at radius 3 is 1.50 bits per heavy atom. The zero-order valence-corrected chi connectivity index (χ0v) is 10.7. The second-order valence-corrected chi connectivity index (χ2v) is 9.99. The number of nitrogens with two attached hydrogens (primary N) is 2. The Bertz CT molecular complexity index is 192. The zero-order valence-electron chi connectivity index (χ0n) is 7.25. The van der Waals surface area contributed by atoms with Crippen LogP contribution in [-0.2, 0) is 9.59 Å². The number of rotatable bonds is 7. The van der Waals surface area contributed by atoms with Gasteiger partial charge in [-0.05, 0) is 0 Å². The number of carboxylic acid groups (broad SMARTS) is 2. The zero-order chi connectivity index (χ0) is 11.1. The van der Waals surface area contributed by atoms with E-state index < -0.39 is 24.0 Å². The van der Waals surface area contributed by atoms with Crippen molar-refractivity contribution in [1.82, 2.24) is 0 Å². The molecule has 0 saturated heterocycles. The van der Waals surface area contributed by atoms with Crippen LogP contribution in [0.4, 0.5) is 0 Å². The molecular formula is C6H12N2O4Se2. The molecule has 0 bridgehead atoms. The fourth-order valence-corrected chi connectivity index (χ4v) is 7.30. The molecule has 0 saturated carbocycles. The number of hydrogen-bond donors (Lipinski definition) is 4. The fraction of sp³-hybridized carbons (Fsp3) is 0.667. The van der Waals surface area contributed by atoms with Gasteiger partial charge in [-0.2, -0.15) is 0 Å². The summed E-state index contributed by atoms with van der Waals surface area (Å²) in [6, 6.07) is -1.64. The molecule has 2 atom stereocenters. The molecule has 0 spiro atoms. The van der Waals surface area contributed by atoms with Crippen molar-refractivity contribution in [2.45, 2.75) is 22.7 Å². The Balaban J connectivity index is 3.47. The number of carboxylic acids is 2. The first-order chi connectivity index (χ1) is 6.45. The van der Waals surface area contributed by atoms with Crippen LogP contribution in [0.2, 0.25) is 10.6 Å². The van der Waals surface area contributed by atoms with E-state index in [1.165, 1.54) is 0 Å². The summed E-state index contributed by atoms with van der Waals surface area (Å²) in [5.41, 5.74) is 10.5. The molecule has 0 heterocycles. The summed E-state index contributed by atoms with van der Waals surface area (Å²) < 4.78 is 0. The molecule has 0 aromatic rings. The predicted molar refractivity (Wildman–Crippen MR) is 52.3 cm³/mol. The average molecular weight is 334 g/mol. The Labute approximate surface area is 92.3 Å². The van der Waals surface area contributed by atoms with Gasteiger partial charge in [-0.1, -0.05) is 0 Å². The molecule has 0 aliphatic heterocycles. The van der Waals surface area contributed by atoms with Crippen molar-refractivity contribution in [2.75, 3.05) is 0 Å². The molecule has 0 amide bonds. The van der Waals surface area contributed by atoms with Crippen LogP contribution in [0.5, 0.6) is 0 Å². The molecule has 0 aliphatic rings. The summed E-state index contributed by atoms with van der Waals surface area (Å²) in [5.74, 6) is -2.02. The molecule has 6 nitrogen and oxygen atoms in total. The molecule has 8 heteroatoms. The van der Waals surface area contributed by atoms with Gasteiger partial charge in [0.15, 0.2) is 0 Å². The first-order valence-electron chi connectivity index (χ1n) is 3.66. The summed E-state index contributed by atoms with van der Waals surface area (Å²) in [5, 5.41) is 17.8. The van der Waals surface area contributed by atoms with Gasteiger partial charge in [-0.3, -0.25) is 0 Å². The molecule has 0 rings (SSSR count). The number of aliphatic carboxylic acids is 2. The number of carbonyl (C=O) groups is 2. The van der Waals surface area contributed by atoms with E-state index in [0.717, 1.165) is 0 Å². The standard InChI is InChI=1S/C6H12N2O4Se2/c7-3(5(9)10)1-13-14-2-4(8)6(11)12/h3-4H,1-2,7-8H2,(H,9,10)(H,11,12). The second kappa shape index (κ2) is 7.22. The van der Waals surface area contributed by atoms with E-state index in [2.05, 4.69) is 0 Å². The van der Waals surface area contributed by atoms with Gasteiger partial charge in [0.05, 0.1) is 0 Å². The van der Waals surface area contributed by atoms with Gasteiger partial charge >= 0.3 is 92.2 Å². The molecule has 0 aromatic heterocycles. The molecule has 0 aliphatic carbocycles. The van der Waals surface area contributed by atoms with Crippen molar-refractivity contribution < 1.29 is 19.8 Å². The summed E-state index contributed by atoms with van der Waals surface area (Å²) >= 11 is 0.218. The maximum absolute atomic E-state index is 10.3. The van der Waals surface area contributed by atoms with Gasteiger partial charge < -0.3 is 0 Å². The molecular weight excluding hydrogens is 322 g/mol. The van der Waals surface area contributed by atoms with E-state index in [1.807, 2.05) is 0 Å². The van der Waals surface area contributed by atoms with E-state index in [-0.39, 0.29) is 26.3 Å². The predicted octanol–water partition coefficient (Wildman–Crippen LogP) is -2.03. The third kappa shape index (κ3) is 6.37. The van der Waals surface area contributed by atoms with Gasteiger partial charge in [0, 0.05) is 0 Å². The quantitative estimate of drug-likeness (QED) is 0.314. The van der Waals surface area contributed by atoms with E-state index in [0.29, 0.717) is 10.6 Å². The van der Waals surface area contributed by atoms with Crippen molar-refractivity contribution in [3.05, 3.63) is 0 Å². The van der Waals surface area contributed by atoms with E-state index in [1.54, 1.807) is 0 Å². The minimum absolute atomic E-state index is 0.109. The normalized spacial score (nSPS) is 14.7. The molecule has 0 aromatic carbocycles. The summed E-state index contributed by atoms with van der Waals surface area (Å²) in [6.45, 7) is 0. The van der Waals surface area contributed by atoms with Crippen molar-refractivity contribution in [3.8, 4) is 0 Å². The topological polar surface area (TPSA) is 127 Å². The van der Waals surface area contributed by atoms with Crippen LogP contribution < -0.4 is 11.5 Å². The molecule has 82 valence electrons. The first-order valence-corrected chi connectivity index (χ1v) is 10.4.